The van der Waals surface area contributed by atoms with Gasteiger partial charge in [0.15, 0.2) is 0 Å². The lowest BCUT2D eigenvalue weighted by atomic mass is 9.71. The van der Waals surface area contributed by atoms with Gasteiger partial charge in [-0.2, -0.15) is 0 Å². The molecule has 1 N–H and O–H groups in total. The van der Waals surface area contributed by atoms with Crippen molar-refractivity contribution in [1.29, 1.82) is 0 Å². The van der Waals surface area contributed by atoms with E-state index in [1.807, 2.05) is 41.3 Å². The fourth-order valence-electron chi connectivity index (χ4n) is 4.94. The van der Waals surface area contributed by atoms with Crippen LogP contribution in [-0.4, -0.2) is 33.8 Å². The van der Waals surface area contributed by atoms with Gasteiger partial charge in [-0.15, -0.1) is 0 Å². The van der Waals surface area contributed by atoms with Gasteiger partial charge in [0.1, 0.15) is 5.82 Å². The monoisotopic (exact) mass is 377 g/mol. The number of anilines is 1. The van der Waals surface area contributed by atoms with Crippen LogP contribution >= 0.6 is 0 Å². The van der Waals surface area contributed by atoms with Gasteiger partial charge in [0.2, 0.25) is 5.91 Å². The third kappa shape index (κ3) is 3.09. The summed E-state index contributed by atoms with van der Waals surface area (Å²) in [5.41, 5.74) is 1.09. The minimum absolute atomic E-state index is 0.0675. The van der Waals surface area contributed by atoms with Crippen molar-refractivity contribution < 1.29 is 9.59 Å². The van der Waals surface area contributed by atoms with Crippen LogP contribution in [0.3, 0.4) is 0 Å². The normalized spacial score (nSPS) is 20.2. The van der Waals surface area contributed by atoms with Gasteiger partial charge in [-0.05, 0) is 43.0 Å². The molecule has 1 fully saturated rings. The minimum atomic E-state index is -0.431. The summed E-state index contributed by atoms with van der Waals surface area (Å²) in [6.07, 6.45) is 7.48. The van der Waals surface area contributed by atoms with E-state index in [1.54, 1.807) is 12.3 Å². The fraction of sp³-hybridized carbons (Fsp3) is 0.435. The molecule has 146 valence electrons. The van der Waals surface area contributed by atoms with Gasteiger partial charge in [-0.3, -0.25) is 9.59 Å². The molecule has 28 heavy (non-hydrogen) atoms. The van der Waals surface area contributed by atoms with Crippen LogP contribution in [0.25, 0.3) is 0 Å². The van der Waals surface area contributed by atoms with Gasteiger partial charge in [-0.1, -0.05) is 50.5 Å². The van der Waals surface area contributed by atoms with Crippen molar-refractivity contribution in [3.63, 3.8) is 0 Å². The summed E-state index contributed by atoms with van der Waals surface area (Å²) in [6, 6.07) is 13.1. The summed E-state index contributed by atoms with van der Waals surface area (Å²) in [5, 5.41) is 3.01. The maximum Gasteiger partial charge on any atom is 0.254 e. The number of amides is 2. The van der Waals surface area contributed by atoms with Crippen LogP contribution in [0.5, 0.6) is 0 Å². The number of hydrogen-bond acceptors (Lipinski definition) is 3. The zero-order valence-corrected chi connectivity index (χ0v) is 16.4. The Kier molecular flexibility index (Phi) is 5.16. The van der Waals surface area contributed by atoms with Crippen molar-refractivity contribution >= 4 is 17.6 Å². The van der Waals surface area contributed by atoms with Crippen molar-refractivity contribution in [3.05, 3.63) is 59.8 Å². The average molecular weight is 377 g/mol. The Morgan fingerprint density at radius 3 is 2.64 bits per heavy atom. The maximum absolute atomic E-state index is 13.5. The highest BCUT2D eigenvalue weighted by Crippen LogP contribution is 2.50. The number of nitrogens with zero attached hydrogens (tertiary/aromatic N) is 2. The van der Waals surface area contributed by atoms with Crippen molar-refractivity contribution in [1.82, 2.24) is 9.88 Å². The molecule has 1 aromatic carbocycles. The van der Waals surface area contributed by atoms with E-state index in [2.05, 4.69) is 17.2 Å². The van der Waals surface area contributed by atoms with Crippen molar-refractivity contribution in [3.8, 4) is 0 Å². The van der Waals surface area contributed by atoms with Crippen LogP contribution in [0, 0.1) is 0 Å². The molecule has 2 heterocycles. The van der Waals surface area contributed by atoms with Crippen LogP contribution in [0.2, 0.25) is 0 Å². The first-order valence-electron chi connectivity index (χ1n) is 10.3. The molecule has 0 unspecified atom stereocenters. The lowest BCUT2D eigenvalue weighted by molar-refractivity contribution is -0.121. The molecule has 0 radical (unpaired) electrons. The van der Waals surface area contributed by atoms with E-state index >= 15 is 0 Å². The Morgan fingerprint density at radius 2 is 1.93 bits per heavy atom. The molecule has 2 aliphatic rings. The Bertz CT molecular complexity index is 859. The Morgan fingerprint density at radius 1 is 1.18 bits per heavy atom. The molecular formula is C23H27N3O2. The molecule has 1 aliphatic carbocycles. The maximum atomic E-state index is 13.5. The van der Waals surface area contributed by atoms with E-state index in [1.165, 1.54) is 0 Å². The smallest absolute Gasteiger partial charge is 0.254 e. The van der Waals surface area contributed by atoms with E-state index < -0.39 is 5.54 Å². The van der Waals surface area contributed by atoms with Gasteiger partial charge in [0.05, 0.1) is 11.5 Å². The second-order valence-corrected chi connectivity index (χ2v) is 7.85. The summed E-state index contributed by atoms with van der Waals surface area (Å²) in [4.78, 5) is 33.2. The second kappa shape index (κ2) is 7.74. The first kappa shape index (κ1) is 18.7. The largest absolute Gasteiger partial charge is 0.332 e. The molecule has 1 spiro atoms. The summed E-state index contributed by atoms with van der Waals surface area (Å²) < 4.78 is 0. The van der Waals surface area contributed by atoms with E-state index in [9.17, 15) is 9.59 Å². The van der Waals surface area contributed by atoms with Gasteiger partial charge < -0.3 is 10.2 Å². The SMILES string of the molecule is CCCCN1C(=O)c2ccccc2[C@@H](C(=O)Nc2ccccn2)C12CCCC2. The van der Waals surface area contributed by atoms with E-state index in [0.717, 1.165) is 44.1 Å². The molecule has 2 amide bonds. The topological polar surface area (TPSA) is 62.3 Å². The van der Waals surface area contributed by atoms with Gasteiger partial charge in [-0.25, -0.2) is 4.98 Å². The molecule has 2 aromatic rings. The van der Waals surface area contributed by atoms with E-state index in [4.69, 9.17) is 0 Å². The van der Waals surface area contributed by atoms with E-state index in [0.29, 0.717) is 17.9 Å². The number of hydrogen-bond donors (Lipinski definition) is 1. The Balaban J connectivity index is 1.79. The predicted octanol–water partition coefficient (Wildman–Crippen LogP) is 4.37. The van der Waals surface area contributed by atoms with Crippen molar-refractivity contribution in [2.45, 2.75) is 56.9 Å². The lowest BCUT2D eigenvalue weighted by Crippen LogP contribution is -2.60. The quantitative estimate of drug-likeness (QED) is 0.841. The van der Waals surface area contributed by atoms with Crippen molar-refractivity contribution in [2.24, 2.45) is 0 Å². The first-order valence-corrected chi connectivity index (χ1v) is 10.3. The zero-order chi connectivity index (χ0) is 19.6. The Labute approximate surface area is 166 Å². The molecule has 0 bridgehead atoms. The average Bonchev–Trinajstić information content (AvgIpc) is 3.18. The summed E-state index contributed by atoms with van der Waals surface area (Å²) in [7, 11) is 0. The second-order valence-electron chi connectivity index (χ2n) is 7.85. The molecule has 1 aliphatic heterocycles. The number of nitrogens with one attached hydrogen (secondary N) is 1. The number of pyridine rings is 1. The fourth-order valence-corrected chi connectivity index (χ4v) is 4.94. The highest BCUT2D eigenvalue weighted by molar-refractivity contribution is 6.04. The minimum Gasteiger partial charge on any atom is -0.332 e. The van der Waals surface area contributed by atoms with Gasteiger partial charge in [0.25, 0.3) is 5.91 Å². The summed E-state index contributed by atoms with van der Waals surface area (Å²) in [5.74, 6) is 0.188. The first-order chi connectivity index (χ1) is 13.7. The lowest BCUT2D eigenvalue weighted by Gasteiger charge is -2.50. The highest BCUT2D eigenvalue weighted by Gasteiger charge is 2.55. The number of rotatable bonds is 5. The molecule has 0 saturated heterocycles. The third-order valence-electron chi connectivity index (χ3n) is 6.21. The standard InChI is InChI=1S/C23H27N3O2/c1-2-3-16-26-22(28)18-11-5-4-10-17(18)20(23(26)13-7-8-14-23)21(27)25-19-12-6-9-15-24-19/h4-6,9-12,15,20H,2-3,7-8,13-14,16H2,1H3,(H,24,25,27)/t20-/m0/s1. The summed E-state index contributed by atoms with van der Waals surface area (Å²) in [6.45, 7) is 2.84. The van der Waals surface area contributed by atoms with Gasteiger partial charge in [0, 0.05) is 18.3 Å². The number of carbonyl (C=O) groups is 2. The molecular weight excluding hydrogens is 350 g/mol. The summed E-state index contributed by atoms with van der Waals surface area (Å²) >= 11 is 0. The molecule has 5 nitrogen and oxygen atoms in total. The van der Waals surface area contributed by atoms with Crippen LogP contribution in [0.4, 0.5) is 5.82 Å². The van der Waals surface area contributed by atoms with Gasteiger partial charge >= 0.3 is 0 Å². The molecule has 5 heteroatoms. The third-order valence-corrected chi connectivity index (χ3v) is 6.21. The number of benzene rings is 1. The van der Waals surface area contributed by atoms with Crippen molar-refractivity contribution in [2.75, 3.05) is 11.9 Å². The molecule has 1 saturated carbocycles. The number of aromatic nitrogens is 1. The number of carbonyl (C=O) groups excluding carboxylic acids is 2. The van der Waals surface area contributed by atoms with Crippen LogP contribution < -0.4 is 5.32 Å². The Hall–Kier alpha value is -2.69. The van der Waals surface area contributed by atoms with Crippen LogP contribution in [0.15, 0.2) is 48.7 Å². The zero-order valence-electron chi connectivity index (χ0n) is 16.4. The van der Waals surface area contributed by atoms with E-state index in [-0.39, 0.29) is 17.7 Å². The van der Waals surface area contributed by atoms with Crippen LogP contribution in [0.1, 0.15) is 67.3 Å². The highest BCUT2D eigenvalue weighted by atomic mass is 16.2. The number of fused-ring (bicyclic) bond motifs is 1. The predicted molar refractivity (Wildman–Crippen MR) is 109 cm³/mol. The van der Waals surface area contributed by atoms with Crippen LogP contribution in [-0.2, 0) is 4.79 Å². The molecule has 1 atom stereocenters. The molecule has 1 aromatic heterocycles. The number of unbranched alkanes of at least 4 members (excludes halogenated alkanes) is 1. The molecule has 4 rings (SSSR count).